The summed E-state index contributed by atoms with van der Waals surface area (Å²) in [6, 6.07) is 10.0. The van der Waals surface area contributed by atoms with Gasteiger partial charge in [0.2, 0.25) is 0 Å². The highest BCUT2D eigenvalue weighted by molar-refractivity contribution is 6.73. The fourth-order valence-corrected chi connectivity index (χ4v) is 4.94. The van der Waals surface area contributed by atoms with Crippen LogP contribution in [0.15, 0.2) is 30.8 Å². The summed E-state index contributed by atoms with van der Waals surface area (Å²) in [6.45, 7) is 8.98. The lowest BCUT2D eigenvalue weighted by atomic mass is 10.2. The van der Waals surface area contributed by atoms with Crippen LogP contribution in [0.5, 0.6) is 0 Å². The van der Waals surface area contributed by atoms with E-state index in [0.717, 1.165) is 32.5 Å². The summed E-state index contributed by atoms with van der Waals surface area (Å²) < 4.78 is 10.9. The molecule has 1 fully saturated rings. The molecule has 1 saturated heterocycles. The van der Waals surface area contributed by atoms with Crippen molar-refractivity contribution in [3.8, 4) is 0 Å². The second kappa shape index (κ2) is 9.15. The molecule has 0 aromatic heterocycles. The molecule has 1 radical (unpaired) electrons. The fourth-order valence-electron chi connectivity index (χ4n) is 2.70. The Morgan fingerprint density at radius 3 is 2.90 bits per heavy atom. The summed E-state index contributed by atoms with van der Waals surface area (Å²) in [7, 11) is 1.18. The Balaban J connectivity index is 1.87. The standard InChI is InChI=1S/C17H26NO2Si/c1-3-16-6-4-7-17(14-16)21(15-19-2)13-5-8-18-9-11-20-12-10-18/h3-4,6-7,14H,1,5,8-13,15H2,2H3. The Kier molecular flexibility index (Phi) is 7.16. The largest absolute Gasteiger partial charge is 0.388 e. The summed E-state index contributed by atoms with van der Waals surface area (Å²) in [5.74, 6) is 0. The van der Waals surface area contributed by atoms with Crippen LogP contribution in [0.3, 0.4) is 0 Å². The van der Waals surface area contributed by atoms with E-state index < -0.39 is 8.80 Å². The molecule has 3 nitrogen and oxygen atoms in total. The minimum atomic E-state index is -0.633. The molecule has 1 aromatic carbocycles. The maximum Gasteiger partial charge on any atom is 0.117 e. The van der Waals surface area contributed by atoms with Crippen LogP contribution in [0.4, 0.5) is 0 Å². The van der Waals surface area contributed by atoms with Gasteiger partial charge < -0.3 is 9.47 Å². The van der Waals surface area contributed by atoms with E-state index in [9.17, 15) is 0 Å². The van der Waals surface area contributed by atoms with E-state index in [4.69, 9.17) is 9.47 Å². The molecule has 0 aliphatic carbocycles. The monoisotopic (exact) mass is 304 g/mol. The first-order valence-corrected chi connectivity index (χ1v) is 9.61. The summed E-state index contributed by atoms with van der Waals surface area (Å²) in [6.07, 6.45) is 4.05. The van der Waals surface area contributed by atoms with Crippen molar-refractivity contribution in [2.45, 2.75) is 12.5 Å². The second-order valence-corrected chi connectivity index (χ2v) is 8.00. The summed E-state index contributed by atoms with van der Waals surface area (Å²) >= 11 is 0. The van der Waals surface area contributed by atoms with E-state index in [-0.39, 0.29) is 0 Å². The molecule has 2 rings (SSSR count). The number of nitrogens with zero attached hydrogens (tertiary/aromatic N) is 1. The third-order valence-electron chi connectivity index (χ3n) is 3.91. The summed E-state index contributed by atoms with van der Waals surface area (Å²) in [5.41, 5.74) is 1.21. The van der Waals surface area contributed by atoms with Crippen LogP contribution in [0.25, 0.3) is 6.08 Å². The maximum absolute atomic E-state index is 5.46. The molecule has 0 amide bonds. The molecule has 0 saturated carbocycles. The van der Waals surface area contributed by atoms with Gasteiger partial charge in [-0.05, 0) is 18.5 Å². The first-order valence-electron chi connectivity index (χ1n) is 7.70. The first kappa shape index (κ1) is 16.4. The van der Waals surface area contributed by atoms with Gasteiger partial charge in [0.15, 0.2) is 0 Å². The number of hydrogen-bond donors (Lipinski definition) is 0. The molecule has 0 spiro atoms. The Morgan fingerprint density at radius 1 is 1.38 bits per heavy atom. The normalized spacial score (nSPS) is 16.3. The molecule has 1 heterocycles. The summed E-state index contributed by atoms with van der Waals surface area (Å²) in [5, 5.41) is 1.46. The number of hydrogen-bond acceptors (Lipinski definition) is 3. The Labute approximate surface area is 130 Å². The van der Waals surface area contributed by atoms with E-state index in [0.29, 0.717) is 0 Å². The van der Waals surface area contributed by atoms with Crippen LogP contribution in [-0.2, 0) is 9.47 Å². The maximum atomic E-state index is 5.46. The van der Waals surface area contributed by atoms with Crippen LogP contribution >= 0.6 is 0 Å². The minimum Gasteiger partial charge on any atom is -0.388 e. The highest BCUT2D eigenvalue weighted by Crippen LogP contribution is 2.06. The van der Waals surface area contributed by atoms with Crippen LogP contribution in [-0.4, -0.2) is 59.9 Å². The van der Waals surface area contributed by atoms with Gasteiger partial charge in [0.1, 0.15) is 8.80 Å². The molecule has 1 aromatic rings. The number of morpholine rings is 1. The Bertz CT molecular complexity index is 433. The fraction of sp³-hybridized carbons (Fsp3) is 0.529. The van der Waals surface area contributed by atoms with E-state index in [1.54, 1.807) is 0 Å². The molecular weight excluding hydrogens is 278 g/mol. The number of benzene rings is 1. The lowest BCUT2D eigenvalue weighted by Gasteiger charge is -2.27. The van der Waals surface area contributed by atoms with Crippen LogP contribution < -0.4 is 5.19 Å². The zero-order valence-electron chi connectivity index (χ0n) is 13.0. The van der Waals surface area contributed by atoms with Gasteiger partial charge in [-0.25, -0.2) is 0 Å². The van der Waals surface area contributed by atoms with E-state index >= 15 is 0 Å². The van der Waals surface area contributed by atoms with E-state index in [1.165, 1.54) is 29.8 Å². The highest BCUT2D eigenvalue weighted by atomic mass is 28.3. The Morgan fingerprint density at radius 2 is 2.19 bits per heavy atom. The van der Waals surface area contributed by atoms with Gasteiger partial charge in [-0.2, -0.15) is 0 Å². The van der Waals surface area contributed by atoms with E-state index in [2.05, 4.69) is 35.7 Å². The van der Waals surface area contributed by atoms with Crippen LogP contribution in [0.1, 0.15) is 12.0 Å². The van der Waals surface area contributed by atoms with Crippen molar-refractivity contribution in [2.24, 2.45) is 0 Å². The van der Waals surface area contributed by atoms with Crippen molar-refractivity contribution in [3.05, 3.63) is 36.4 Å². The zero-order chi connectivity index (χ0) is 14.9. The molecule has 0 atom stereocenters. The molecule has 0 N–H and O–H groups in total. The highest BCUT2D eigenvalue weighted by Gasteiger charge is 2.16. The van der Waals surface area contributed by atoms with Crippen molar-refractivity contribution in [3.63, 3.8) is 0 Å². The topological polar surface area (TPSA) is 21.7 Å². The third-order valence-corrected chi connectivity index (χ3v) is 6.63. The molecule has 115 valence electrons. The SMILES string of the molecule is C=Cc1cccc([Si](CCCN2CCOCC2)COC)c1. The third kappa shape index (κ3) is 5.40. The summed E-state index contributed by atoms with van der Waals surface area (Å²) in [4.78, 5) is 2.51. The predicted molar refractivity (Wildman–Crippen MR) is 90.5 cm³/mol. The molecule has 4 heteroatoms. The van der Waals surface area contributed by atoms with E-state index in [1.807, 2.05) is 13.2 Å². The van der Waals surface area contributed by atoms with Crippen molar-refractivity contribution in [2.75, 3.05) is 46.2 Å². The van der Waals surface area contributed by atoms with Crippen LogP contribution in [0, 0.1) is 0 Å². The smallest absolute Gasteiger partial charge is 0.117 e. The van der Waals surface area contributed by atoms with Crippen molar-refractivity contribution in [1.82, 2.24) is 4.90 Å². The van der Waals surface area contributed by atoms with Gasteiger partial charge in [0, 0.05) is 26.4 Å². The van der Waals surface area contributed by atoms with Crippen molar-refractivity contribution in [1.29, 1.82) is 0 Å². The van der Waals surface area contributed by atoms with Crippen LogP contribution in [0.2, 0.25) is 6.04 Å². The minimum absolute atomic E-state index is 0.633. The average molecular weight is 304 g/mol. The molecule has 21 heavy (non-hydrogen) atoms. The molecular formula is C17H26NO2Si. The molecule has 1 aliphatic rings. The Hall–Kier alpha value is -0.943. The lowest BCUT2D eigenvalue weighted by molar-refractivity contribution is 0.0379. The van der Waals surface area contributed by atoms with Gasteiger partial charge in [-0.3, -0.25) is 4.90 Å². The molecule has 0 unspecified atom stereocenters. The first-order chi connectivity index (χ1) is 10.3. The molecule has 0 bridgehead atoms. The van der Waals surface area contributed by atoms with Gasteiger partial charge in [0.05, 0.1) is 13.2 Å². The van der Waals surface area contributed by atoms with Crippen molar-refractivity contribution < 1.29 is 9.47 Å². The number of rotatable bonds is 8. The number of methoxy groups -OCH3 is 1. The number of ether oxygens (including phenoxy) is 2. The predicted octanol–water partition coefficient (Wildman–Crippen LogP) is 1.94. The van der Waals surface area contributed by atoms with Crippen molar-refractivity contribution >= 4 is 20.1 Å². The zero-order valence-corrected chi connectivity index (χ0v) is 14.0. The van der Waals surface area contributed by atoms with Gasteiger partial charge in [-0.1, -0.05) is 48.2 Å². The lowest BCUT2D eigenvalue weighted by Crippen LogP contribution is -2.39. The quantitative estimate of drug-likeness (QED) is 0.685. The second-order valence-electron chi connectivity index (χ2n) is 5.42. The van der Waals surface area contributed by atoms with Gasteiger partial charge in [-0.15, -0.1) is 0 Å². The van der Waals surface area contributed by atoms with Gasteiger partial charge in [0.25, 0.3) is 0 Å². The average Bonchev–Trinajstić information content (AvgIpc) is 2.55. The molecule has 1 aliphatic heterocycles. The van der Waals surface area contributed by atoms with Gasteiger partial charge >= 0.3 is 0 Å².